The number of aliphatic carboxylic acids is 1. The molecule has 0 amide bonds. The Morgan fingerprint density at radius 1 is 1.42 bits per heavy atom. The van der Waals surface area contributed by atoms with Gasteiger partial charge in [-0.15, -0.1) is 0 Å². The maximum Gasteiger partial charge on any atom is 1.00 e. The quantitative estimate of drug-likeness (QED) is 0.431. The molecule has 12 heavy (non-hydrogen) atoms. The van der Waals surface area contributed by atoms with Gasteiger partial charge >= 0.3 is 29.6 Å². The first-order valence-corrected chi connectivity index (χ1v) is 3.93. The van der Waals surface area contributed by atoms with E-state index in [1.807, 2.05) is 6.92 Å². The second kappa shape index (κ2) is 11.4. The molecule has 0 aromatic heterocycles. The molecule has 0 saturated heterocycles. The number of rotatable bonds is 5. The summed E-state index contributed by atoms with van der Waals surface area (Å²) in [4.78, 5) is 10.3. The summed E-state index contributed by atoms with van der Waals surface area (Å²) in [5, 5.41) is 10.3. The van der Waals surface area contributed by atoms with Crippen molar-refractivity contribution < 1.29 is 44.9 Å². The number of carboxylic acid groups (broad SMARTS) is 1. The SMILES string of the molecule is CCCCC(CC)C(=O)[O-].O.[Na+]. The number of carbonyl (C=O) groups excluding carboxylic acids is 1. The standard InChI is InChI=1S/C8H16O2.Na.H2O/c1-3-5-6-7(4-2)8(9)10;;/h7H,3-6H2,1-2H3,(H,9,10);;1H2/q;+1;/p-1. The van der Waals surface area contributed by atoms with Crippen LogP contribution in [0.1, 0.15) is 39.5 Å². The van der Waals surface area contributed by atoms with E-state index in [2.05, 4.69) is 6.92 Å². The van der Waals surface area contributed by atoms with Crippen LogP contribution in [0, 0.1) is 5.92 Å². The average Bonchev–Trinajstić information content (AvgIpc) is 1.89. The summed E-state index contributed by atoms with van der Waals surface area (Å²) >= 11 is 0. The molecule has 0 aromatic rings. The molecule has 1 atom stereocenters. The molecule has 68 valence electrons. The molecule has 0 rings (SSSR count). The van der Waals surface area contributed by atoms with E-state index in [9.17, 15) is 9.90 Å². The molecule has 0 saturated carbocycles. The molecule has 0 aliphatic rings. The van der Waals surface area contributed by atoms with Gasteiger partial charge in [0.1, 0.15) is 0 Å². The zero-order chi connectivity index (χ0) is 7.98. The molecular formula is C8H17NaO3. The molecule has 0 radical (unpaired) electrons. The largest absolute Gasteiger partial charge is 1.00 e. The van der Waals surface area contributed by atoms with Crippen molar-refractivity contribution in [2.24, 2.45) is 5.92 Å². The van der Waals surface area contributed by atoms with Gasteiger partial charge in [-0.3, -0.25) is 0 Å². The van der Waals surface area contributed by atoms with Crippen LogP contribution < -0.4 is 34.7 Å². The Labute approximate surface area is 96.1 Å². The van der Waals surface area contributed by atoms with E-state index < -0.39 is 5.97 Å². The first-order valence-electron chi connectivity index (χ1n) is 3.93. The fraction of sp³-hybridized carbons (Fsp3) is 0.875. The zero-order valence-electron chi connectivity index (χ0n) is 8.22. The van der Waals surface area contributed by atoms with Crippen molar-refractivity contribution in [2.75, 3.05) is 0 Å². The van der Waals surface area contributed by atoms with Gasteiger partial charge in [0, 0.05) is 5.97 Å². The fourth-order valence-corrected chi connectivity index (χ4v) is 0.939. The normalized spacial score (nSPS) is 10.8. The van der Waals surface area contributed by atoms with Crippen LogP contribution in [0.15, 0.2) is 0 Å². The summed E-state index contributed by atoms with van der Waals surface area (Å²) < 4.78 is 0. The summed E-state index contributed by atoms with van der Waals surface area (Å²) in [6.45, 7) is 3.94. The third kappa shape index (κ3) is 8.53. The summed E-state index contributed by atoms with van der Waals surface area (Å²) in [6, 6.07) is 0. The summed E-state index contributed by atoms with van der Waals surface area (Å²) in [6.07, 6.45) is 3.52. The second-order valence-electron chi connectivity index (χ2n) is 2.57. The van der Waals surface area contributed by atoms with Crippen molar-refractivity contribution >= 4 is 5.97 Å². The topological polar surface area (TPSA) is 71.6 Å². The minimum atomic E-state index is -0.893. The van der Waals surface area contributed by atoms with Crippen molar-refractivity contribution in [3.63, 3.8) is 0 Å². The molecule has 0 aliphatic carbocycles. The van der Waals surface area contributed by atoms with Gasteiger partial charge in [-0.1, -0.05) is 26.7 Å². The maximum absolute atomic E-state index is 10.3. The maximum atomic E-state index is 10.3. The van der Waals surface area contributed by atoms with E-state index in [1.54, 1.807) is 0 Å². The van der Waals surface area contributed by atoms with Gasteiger partial charge in [0.05, 0.1) is 0 Å². The van der Waals surface area contributed by atoms with Crippen molar-refractivity contribution in [3.8, 4) is 0 Å². The Morgan fingerprint density at radius 2 is 1.92 bits per heavy atom. The minimum Gasteiger partial charge on any atom is -0.550 e. The number of carbonyl (C=O) groups is 1. The van der Waals surface area contributed by atoms with Gasteiger partial charge in [0.25, 0.3) is 0 Å². The molecule has 0 aliphatic heterocycles. The Morgan fingerprint density at radius 3 is 2.17 bits per heavy atom. The van der Waals surface area contributed by atoms with Crippen LogP contribution in [-0.4, -0.2) is 11.4 Å². The molecular weight excluding hydrogens is 167 g/mol. The van der Waals surface area contributed by atoms with Crippen molar-refractivity contribution in [1.29, 1.82) is 0 Å². The van der Waals surface area contributed by atoms with Crippen LogP contribution in [0.2, 0.25) is 0 Å². The monoisotopic (exact) mass is 184 g/mol. The first kappa shape index (κ1) is 18.3. The number of hydrogen-bond acceptors (Lipinski definition) is 2. The van der Waals surface area contributed by atoms with E-state index in [0.29, 0.717) is 6.42 Å². The second-order valence-corrected chi connectivity index (χ2v) is 2.57. The van der Waals surface area contributed by atoms with Gasteiger partial charge in [0.2, 0.25) is 0 Å². The first-order chi connectivity index (χ1) is 4.72. The van der Waals surface area contributed by atoms with Gasteiger partial charge in [0.15, 0.2) is 0 Å². The summed E-state index contributed by atoms with van der Waals surface area (Å²) in [5.74, 6) is -1.11. The van der Waals surface area contributed by atoms with Crippen molar-refractivity contribution in [2.45, 2.75) is 39.5 Å². The van der Waals surface area contributed by atoms with Crippen LogP contribution in [0.3, 0.4) is 0 Å². The molecule has 0 spiro atoms. The van der Waals surface area contributed by atoms with Crippen LogP contribution >= 0.6 is 0 Å². The minimum absolute atomic E-state index is 0. The number of hydrogen-bond donors (Lipinski definition) is 0. The summed E-state index contributed by atoms with van der Waals surface area (Å²) in [5.41, 5.74) is 0. The van der Waals surface area contributed by atoms with Crippen LogP contribution in [0.4, 0.5) is 0 Å². The number of carboxylic acids is 1. The molecule has 0 fully saturated rings. The van der Waals surface area contributed by atoms with Crippen LogP contribution in [-0.2, 0) is 4.79 Å². The van der Waals surface area contributed by atoms with Crippen LogP contribution in [0.25, 0.3) is 0 Å². The third-order valence-electron chi connectivity index (χ3n) is 1.73. The van der Waals surface area contributed by atoms with Crippen molar-refractivity contribution in [3.05, 3.63) is 0 Å². The van der Waals surface area contributed by atoms with Crippen LogP contribution in [0.5, 0.6) is 0 Å². The van der Waals surface area contributed by atoms with E-state index in [1.165, 1.54) is 0 Å². The van der Waals surface area contributed by atoms with E-state index in [4.69, 9.17) is 0 Å². The Kier molecular flexibility index (Phi) is 17.4. The Balaban J connectivity index is -0.000000405. The molecule has 2 N–H and O–H groups in total. The predicted molar refractivity (Wildman–Crippen MR) is 41.9 cm³/mol. The third-order valence-corrected chi connectivity index (χ3v) is 1.73. The molecule has 0 bridgehead atoms. The van der Waals surface area contributed by atoms with Gasteiger partial charge in [-0.05, 0) is 18.8 Å². The Bertz CT molecular complexity index is 106. The summed E-state index contributed by atoms with van der Waals surface area (Å²) in [7, 11) is 0. The van der Waals surface area contributed by atoms with E-state index in [-0.39, 0.29) is 41.0 Å². The Hall–Kier alpha value is 0.430. The molecule has 1 unspecified atom stereocenters. The smallest absolute Gasteiger partial charge is 0.550 e. The van der Waals surface area contributed by atoms with Crippen molar-refractivity contribution in [1.82, 2.24) is 0 Å². The van der Waals surface area contributed by atoms with Gasteiger partial charge in [-0.2, -0.15) is 0 Å². The molecule has 4 heteroatoms. The average molecular weight is 184 g/mol. The molecule has 0 heterocycles. The predicted octanol–water partition coefficient (Wildman–Crippen LogP) is -2.87. The molecule has 0 aromatic carbocycles. The van der Waals surface area contributed by atoms with E-state index in [0.717, 1.165) is 19.3 Å². The zero-order valence-corrected chi connectivity index (χ0v) is 10.2. The van der Waals surface area contributed by atoms with Gasteiger partial charge < -0.3 is 15.4 Å². The van der Waals surface area contributed by atoms with Gasteiger partial charge in [-0.25, -0.2) is 0 Å². The number of unbranched alkanes of at least 4 members (excludes halogenated alkanes) is 1. The molecule has 3 nitrogen and oxygen atoms in total. The fourth-order valence-electron chi connectivity index (χ4n) is 0.939. The van der Waals surface area contributed by atoms with E-state index >= 15 is 0 Å².